The number of nitrogens with zero attached hydrogens (tertiary/aromatic N) is 3. The first-order valence-electron chi connectivity index (χ1n) is 7.27. The second-order valence-corrected chi connectivity index (χ2v) is 6.33. The van der Waals surface area contributed by atoms with E-state index in [1.165, 1.54) is 0 Å². The van der Waals surface area contributed by atoms with E-state index in [0.717, 1.165) is 5.72 Å². The van der Waals surface area contributed by atoms with E-state index in [-0.39, 0.29) is 11.3 Å². The molecule has 0 saturated carbocycles. The number of imidazole rings is 1. The molecule has 0 bridgehead atoms. The first-order chi connectivity index (χ1) is 10.3. The molecule has 0 N–H and O–H groups in total. The lowest BCUT2D eigenvalue weighted by Crippen LogP contribution is -2.53. The van der Waals surface area contributed by atoms with Gasteiger partial charge in [0, 0.05) is 11.3 Å². The van der Waals surface area contributed by atoms with Crippen LogP contribution in [-0.4, -0.2) is 17.6 Å². The third-order valence-electron chi connectivity index (χ3n) is 3.58. The molecule has 1 aromatic carbocycles. The molecule has 0 aliphatic heterocycles. The van der Waals surface area contributed by atoms with Gasteiger partial charge >= 0.3 is 0 Å². The molecular formula is C17H20BN3O. The molecule has 22 heavy (non-hydrogen) atoms. The predicted molar refractivity (Wildman–Crippen MR) is 86.3 cm³/mol. The second kappa shape index (κ2) is 6.19. The Bertz CT molecular complexity index is 718. The number of rotatable bonds is 4. The summed E-state index contributed by atoms with van der Waals surface area (Å²) in [5.41, 5.74) is 2.17. The van der Waals surface area contributed by atoms with Gasteiger partial charge < -0.3 is 0 Å². The fourth-order valence-electron chi connectivity index (χ4n) is 2.33. The summed E-state index contributed by atoms with van der Waals surface area (Å²) < 4.78 is 4.16. The minimum Gasteiger partial charge on any atom is -0.298 e. The Kier molecular flexibility index (Phi) is 4.51. The zero-order valence-corrected chi connectivity index (χ0v) is 13.5. The zero-order valence-electron chi connectivity index (χ0n) is 13.5. The third-order valence-corrected chi connectivity index (χ3v) is 3.58. The van der Waals surface area contributed by atoms with E-state index < -0.39 is 0 Å². The Hall–Kier alpha value is -2.35. The predicted octanol–water partition coefficient (Wildman–Crippen LogP) is 1.57. The normalized spacial score (nSPS) is 11.2. The maximum absolute atomic E-state index is 12.3. The molecule has 1 aromatic heterocycles. The summed E-state index contributed by atoms with van der Waals surface area (Å²) in [4.78, 5) is 12.3. The summed E-state index contributed by atoms with van der Waals surface area (Å²) in [5.74, 6) is 0.0474. The Morgan fingerprint density at radius 2 is 1.95 bits per heavy atom. The van der Waals surface area contributed by atoms with Gasteiger partial charge in [-0.2, -0.15) is 18.9 Å². The molecule has 1 heterocycles. The van der Waals surface area contributed by atoms with Crippen LogP contribution >= 0.6 is 0 Å². The molecule has 0 fully saturated rings. The van der Waals surface area contributed by atoms with Gasteiger partial charge in [-0.15, -0.1) is 0 Å². The first kappa shape index (κ1) is 16.0. The van der Waals surface area contributed by atoms with Crippen molar-refractivity contribution < 1.29 is 9.36 Å². The molecule has 0 spiro atoms. The van der Waals surface area contributed by atoms with Crippen molar-refractivity contribution in [3.63, 3.8) is 0 Å². The summed E-state index contributed by atoms with van der Waals surface area (Å²) in [6.45, 7) is 6.40. The fourth-order valence-corrected chi connectivity index (χ4v) is 2.33. The Morgan fingerprint density at radius 1 is 1.32 bits per heavy atom. The Morgan fingerprint density at radius 3 is 2.50 bits per heavy atom. The zero-order chi connectivity index (χ0) is 16.3. The van der Waals surface area contributed by atoms with E-state index in [9.17, 15) is 4.79 Å². The van der Waals surface area contributed by atoms with E-state index in [1.54, 1.807) is 24.3 Å². The minimum atomic E-state index is -0.0371. The van der Waals surface area contributed by atoms with E-state index in [0.29, 0.717) is 17.4 Å². The molecule has 0 aliphatic carbocycles. The van der Waals surface area contributed by atoms with Crippen molar-refractivity contribution in [3.8, 4) is 6.07 Å². The molecule has 112 valence electrons. The summed E-state index contributed by atoms with van der Waals surface area (Å²) in [7, 11) is 3.92. The topological polar surface area (TPSA) is 49.7 Å². The smallest absolute Gasteiger partial charge is 0.126 e. The minimum absolute atomic E-state index is 0.0371. The molecule has 2 radical (unpaired) electrons. The van der Waals surface area contributed by atoms with Gasteiger partial charge in [0.1, 0.15) is 18.2 Å². The number of carbonyl (C=O) groups excluding carboxylic acids is 1. The number of benzene rings is 1. The number of Topliss-reactive ketones (excluding diaryl/α,β-unsaturated/α-hetero) is 1. The molecule has 0 amide bonds. The lowest BCUT2D eigenvalue weighted by Gasteiger charge is -2.23. The number of aryl methyl sites for hydroxylation is 1. The summed E-state index contributed by atoms with van der Waals surface area (Å²) >= 11 is 0. The van der Waals surface area contributed by atoms with Crippen molar-refractivity contribution in [1.82, 2.24) is 4.57 Å². The molecule has 0 aliphatic rings. The van der Waals surface area contributed by atoms with Gasteiger partial charge in [0.2, 0.25) is 0 Å². The van der Waals surface area contributed by atoms with Crippen LogP contribution in [0, 0.1) is 11.3 Å². The summed E-state index contributed by atoms with van der Waals surface area (Å²) in [5, 5.41) is 8.79. The van der Waals surface area contributed by atoms with Gasteiger partial charge in [0.15, 0.2) is 0 Å². The van der Waals surface area contributed by atoms with E-state index in [1.807, 2.05) is 31.3 Å². The molecule has 2 rings (SSSR count). The summed E-state index contributed by atoms with van der Waals surface area (Å²) in [6.07, 6.45) is 4.35. The van der Waals surface area contributed by atoms with Gasteiger partial charge in [0.25, 0.3) is 0 Å². The van der Waals surface area contributed by atoms with Crippen molar-refractivity contribution in [2.45, 2.75) is 32.6 Å². The monoisotopic (exact) mass is 293 g/mol. The van der Waals surface area contributed by atoms with Gasteiger partial charge in [-0.05, 0) is 32.9 Å². The van der Waals surface area contributed by atoms with E-state index in [4.69, 9.17) is 5.26 Å². The highest BCUT2D eigenvalue weighted by molar-refractivity contribution is 6.55. The molecule has 4 nitrogen and oxygen atoms in total. The number of hydrogen-bond donors (Lipinski definition) is 0. The first-order valence-corrected chi connectivity index (χ1v) is 7.27. The highest BCUT2D eigenvalue weighted by atomic mass is 16.1. The molecule has 0 atom stereocenters. The van der Waals surface area contributed by atoms with Crippen molar-refractivity contribution in [3.05, 3.63) is 47.8 Å². The maximum Gasteiger partial charge on any atom is 0.126 e. The number of ketones is 1. The van der Waals surface area contributed by atoms with Gasteiger partial charge in [-0.3, -0.25) is 13.9 Å². The van der Waals surface area contributed by atoms with Crippen LogP contribution in [-0.2, 0) is 12.6 Å². The summed E-state index contributed by atoms with van der Waals surface area (Å²) in [6, 6.07) is 8.81. The molecule has 2 aromatic rings. The van der Waals surface area contributed by atoms with Crippen LogP contribution in [0.4, 0.5) is 0 Å². The highest BCUT2D eigenvalue weighted by Gasteiger charge is 2.19. The van der Waals surface area contributed by atoms with Gasteiger partial charge in [0.05, 0.1) is 24.2 Å². The van der Waals surface area contributed by atoms with Crippen molar-refractivity contribution in [2.24, 2.45) is 7.05 Å². The highest BCUT2D eigenvalue weighted by Crippen LogP contribution is 2.11. The van der Waals surface area contributed by atoms with Crippen LogP contribution in [0.15, 0.2) is 36.7 Å². The largest absolute Gasteiger partial charge is 0.298 e. The van der Waals surface area contributed by atoms with Gasteiger partial charge in [-0.25, -0.2) is 0 Å². The average molecular weight is 293 g/mol. The van der Waals surface area contributed by atoms with Crippen molar-refractivity contribution >= 4 is 18.8 Å². The van der Waals surface area contributed by atoms with Gasteiger partial charge in [-0.1, -0.05) is 12.1 Å². The lowest BCUT2D eigenvalue weighted by atomic mass is 9.70. The Balaban J connectivity index is 2.11. The number of hydrogen-bond acceptors (Lipinski definition) is 2. The SMILES string of the molecule is C[n+]1ccn(C(C)(C)C)c1[B-]CC(=O)c1ccc(C#N)cc1. The maximum atomic E-state index is 12.3. The van der Waals surface area contributed by atoms with Crippen molar-refractivity contribution in [2.75, 3.05) is 0 Å². The van der Waals surface area contributed by atoms with E-state index in [2.05, 4.69) is 31.4 Å². The second-order valence-electron chi connectivity index (χ2n) is 6.33. The fraction of sp³-hybridized carbons (Fsp3) is 0.353. The van der Waals surface area contributed by atoms with Crippen LogP contribution in [0.2, 0.25) is 6.32 Å². The lowest BCUT2D eigenvalue weighted by molar-refractivity contribution is -0.653. The van der Waals surface area contributed by atoms with Crippen LogP contribution < -0.4 is 10.3 Å². The molecule has 0 unspecified atom stereocenters. The molecule has 0 saturated heterocycles. The number of aromatic nitrogens is 2. The van der Waals surface area contributed by atoms with Crippen LogP contribution in [0.3, 0.4) is 0 Å². The average Bonchev–Trinajstić information content (AvgIpc) is 2.86. The van der Waals surface area contributed by atoms with Crippen molar-refractivity contribution in [1.29, 1.82) is 5.26 Å². The van der Waals surface area contributed by atoms with Crippen LogP contribution in [0.5, 0.6) is 0 Å². The number of nitriles is 1. The van der Waals surface area contributed by atoms with Crippen LogP contribution in [0.1, 0.15) is 36.7 Å². The quantitative estimate of drug-likeness (QED) is 0.488. The van der Waals surface area contributed by atoms with Crippen LogP contribution in [0.25, 0.3) is 0 Å². The number of carbonyl (C=O) groups is 1. The standard InChI is InChI=1S/C17H20BN3O/c1-17(2,3)21-10-9-20(4)16(21)18-11-15(22)14-7-5-13(12-19)6-8-14/h5-10H,11H2,1-4H3. The Labute approximate surface area is 132 Å². The third kappa shape index (κ3) is 3.45. The molecular weight excluding hydrogens is 273 g/mol. The molecule has 5 heteroatoms. The van der Waals surface area contributed by atoms with E-state index >= 15 is 0 Å².